The van der Waals surface area contributed by atoms with Crippen molar-refractivity contribution in [1.29, 1.82) is 0 Å². The SMILES string of the molecule is c1ccc(-c2cc(-c3ccccc3-c3ccncc3)nc(-c3ccc(-c4cccc5c4oc4ccccc45)c4oc5ccccc5c34)n2)cc1. The lowest BCUT2D eigenvalue weighted by Crippen LogP contribution is -1.97. The number of hydrogen-bond donors (Lipinski definition) is 0. The lowest BCUT2D eigenvalue weighted by atomic mass is 9.95. The number of para-hydroxylation sites is 3. The van der Waals surface area contributed by atoms with Gasteiger partial charge >= 0.3 is 0 Å². The molecule has 0 saturated heterocycles. The highest BCUT2D eigenvalue weighted by atomic mass is 16.3. The predicted octanol–water partition coefficient (Wildman–Crippen LogP) is 12.0. The maximum atomic E-state index is 6.73. The first-order valence-corrected chi connectivity index (χ1v) is 16.6. The number of aromatic nitrogens is 3. The number of hydrogen-bond acceptors (Lipinski definition) is 5. The van der Waals surface area contributed by atoms with Crippen molar-refractivity contribution in [2.24, 2.45) is 0 Å². The maximum Gasteiger partial charge on any atom is 0.161 e. The fraction of sp³-hybridized carbons (Fsp3) is 0. The molecule has 4 heterocycles. The van der Waals surface area contributed by atoms with Gasteiger partial charge < -0.3 is 8.83 Å². The lowest BCUT2D eigenvalue weighted by Gasteiger charge is -2.14. The van der Waals surface area contributed by atoms with Gasteiger partial charge in [-0.25, -0.2) is 9.97 Å². The number of furan rings is 2. The molecule has 0 spiro atoms. The summed E-state index contributed by atoms with van der Waals surface area (Å²) < 4.78 is 13.2. The van der Waals surface area contributed by atoms with Crippen LogP contribution in [-0.2, 0) is 0 Å². The van der Waals surface area contributed by atoms with Crippen molar-refractivity contribution in [3.63, 3.8) is 0 Å². The third kappa shape index (κ3) is 4.52. The van der Waals surface area contributed by atoms with Crippen LogP contribution in [0.3, 0.4) is 0 Å². The van der Waals surface area contributed by atoms with Crippen molar-refractivity contribution >= 4 is 43.9 Å². The quantitative estimate of drug-likeness (QED) is 0.187. The third-order valence-corrected chi connectivity index (χ3v) is 9.45. The Labute approximate surface area is 287 Å². The summed E-state index contributed by atoms with van der Waals surface area (Å²) in [6, 6.07) is 51.7. The first-order valence-electron chi connectivity index (χ1n) is 16.6. The average molecular weight is 642 g/mol. The van der Waals surface area contributed by atoms with E-state index in [1.165, 1.54) is 0 Å². The molecule has 0 atom stereocenters. The number of rotatable bonds is 5. The molecule has 0 aliphatic rings. The van der Waals surface area contributed by atoms with Gasteiger partial charge in [-0.2, -0.15) is 0 Å². The molecule has 234 valence electrons. The third-order valence-electron chi connectivity index (χ3n) is 9.45. The smallest absolute Gasteiger partial charge is 0.161 e. The Morgan fingerprint density at radius 1 is 0.380 bits per heavy atom. The molecule has 0 aliphatic carbocycles. The topological polar surface area (TPSA) is 65.0 Å². The molecule has 0 bridgehead atoms. The van der Waals surface area contributed by atoms with Crippen LogP contribution >= 0.6 is 0 Å². The molecule has 10 rings (SSSR count). The highest BCUT2D eigenvalue weighted by Crippen LogP contribution is 2.44. The van der Waals surface area contributed by atoms with Crippen molar-refractivity contribution in [2.45, 2.75) is 0 Å². The molecule has 4 aromatic heterocycles. The van der Waals surface area contributed by atoms with Gasteiger partial charge in [0.2, 0.25) is 0 Å². The van der Waals surface area contributed by atoms with Crippen molar-refractivity contribution in [1.82, 2.24) is 15.0 Å². The minimum absolute atomic E-state index is 0.621. The molecule has 0 radical (unpaired) electrons. The van der Waals surface area contributed by atoms with Crippen LogP contribution in [0.5, 0.6) is 0 Å². The lowest BCUT2D eigenvalue weighted by molar-refractivity contribution is 0.665. The Morgan fingerprint density at radius 3 is 1.82 bits per heavy atom. The van der Waals surface area contributed by atoms with Crippen LogP contribution in [0.1, 0.15) is 0 Å². The van der Waals surface area contributed by atoms with E-state index in [1.807, 2.05) is 79.1 Å². The Hall–Kier alpha value is -6.85. The summed E-state index contributed by atoms with van der Waals surface area (Å²) in [4.78, 5) is 14.8. The van der Waals surface area contributed by atoms with Crippen LogP contribution < -0.4 is 0 Å². The molecule has 5 heteroatoms. The van der Waals surface area contributed by atoms with E-state index in [9.17, 15) is 0 Å². The van der Waals surface area contributed by atoms with Crippen LogP contribution in [0.25, 0.3) is 100 Å². The van der Waals surface area contributed by atoms with Gasteiger partial charge in [-0.05, 0) is 53.6 Å². The molecule has 0 fully saturated rings. The van der Waals surface area contributed by atoms with E-state index in [2.05, 4.69) is 89.9 Å². The standard InChI is InChI=1S/C45H27N3O2/c1-2-11-29(12-3-1)38-27-39(31-14-5-4-13-30(31)28-23-25-46-26-24-28)48-45(47-38)37-22-21-35(44-42(37)36-16-7-9-20-41(36)50-44)34-18-10-17-33-32-15-6-8-19-40(32)49-43(33)34/h1-27H. The fourth-order valence-corrected chi connectivity index (χ4v) is 7.14. The maximum absolute atomic E-state index is 6.73. The van der Waals surface area contributed by atoms with E-state index >= 15 is 0 Å². The van der Waals surface area contributed by atoms with E-state index in [0.717, 1.165) is 94.2 Å². The van der Waals surface area contributed by atoms with E-state index in [0.29, 0.717) is 5.82 Å². The zero-order chi connectivity index (χ0) is 33.0. The van der Waals surface area contributed by atoms with E-state index < -0.39 is 0 Å². The first kappa shape index (κ1) is 28.2. The highest BCUT2D eigenvalue weighted by Gasteiger charge is 2.22. The van der Waals surface area contributed by atoms with Crippen LogP contribution in [0.2, 0.25) is 0 Å². The molecule has 0 N–H and O–H groups in total. The normalized spacial score (nSPS) is 11.6. The monoisotopic (exact) mass is 641 g/mol. The van der Waals surface area contributed by atoms with Gasteiger partial charge in [0.05, 0.1) is 11.4 Å². The van der Waals surface area contributed by atoms with Gasteiger partial charge in [0, 0.05) is 61.8 Å². The zero-order valence-electron chi connectivity index (χ0n) is 26.7. The fourth-order valence-electron chi connectivity index (χ4n) is 7.14. The number of pyridine rings is 1. The largest absolute Gasteiger partial charge is 0.455 e. The van der Waals surface area contributed by atoms with Crippen LogP contribution in [0, 0.1) is 0 Å². The number of fused-ring (bicyclic) bond motifs is 6. The summed E-state index contributed by atoms with van der Waals surface area (Å²) in [5, 5.41) is 4.13. The Balaban J connectivity index is 1.25. The number of nitrogens with zero attached hydrogens (tertiary/aromatic N) is 3. The van der Waals surface area contributed by atoms with E-state index in [4.69, 9.17) is 18.8 Å². The van der Waals surface area contributed by atoms with Gasteiger partial charge in [-0.15, -0.1) is 0 Å². The van der Waals surface area contributed by atoms with Gasteiger partial charge in [0.15, 0.2) is 5.82 Å². The van der Waals surface area contributed by atoms with Crippen molar-refractivity contribution in [3.8, 4) is 56.2 Å². The van der Waals surface area contributed by atoms with Gasteiger partial charge in [0.25, 0.3) is 0 Å². The molecule has 10 aromatic rings. The van der Waals surface area contributed by atoms with E-state index in [-0.39, 0.29) is 0 Å². The van der Waals surface area contributed by atoms with Gasteiger partial charge in [-0.1, -0.05) is 109 Å². The Morgan fingerprint density at radius 2 is 0.980 bits per heavy atom. The minimum Gasteiger partial charge on any atom is -0.455 e. The Kier molecular flexibility index (Phi) is 6.42. The van der Waals surface area contributed by atoms with Gasteiger partial charge in [0.1, 0.15) is 22.3 Å². The van der Waals surface area contributed by atoms with E-state index in [1.54, 1.807) is 0 Å². The molecule has 0 unspecified atom stereocenters. The summed E-state index contributed by atoms with van der Waals surface area (Å²) >= 11 is 0. The molecule has 6 aromatic carbocycles. The van der Waals surface area contributed by atoms with Crippen LogP contribution in [0.4, 0.5) is 0 Å². The summed E-state index contributed by atoms with van der Waals surface area (Å²) in [6.07, 6.45) is 3.64. The molecule has 0 aliphatic heterocycles. The number of benzene rings is 6. The second-order valence-electron chi connectivity index (χ2n) is 12.4. The second kappa shape index (κ2) is 11.4. The zero-order valence-corrected chi connectivity index (χ0v) is 26.7. The average Bonchev–Trinajstić information content (AvgIpc) is 3.77. The second-order valence-corrected chi connectivity index (χ2v) is 12.4. The van der Waals surface area contributed by atoms with Crippen molar-refractivity contribution in [2.75, 3.05) is 0 Å². The van der Waals surface area contributed by atoms with Gasteiger partial charge in [-0.3, -0.25) is 4.98 Å². The van der Waals surface area contributed by atoms with Crippen LogP contribution in [-0.4, -0.2) is 15.0 Å². The molecule has 5 nitrogen and oxygen atoms in total. The predicted molar refractivity (Wildman–Crippen MR) is 202 cm³/mol. The van der Waals surface area contributed by atoms with Crippen molar-refractivity contribution < 1.29 is 8.83 Å². The molecule has 0 saturated carbocycles. The van der Waals surface area contributed by atoms with Crippen LogP contribution in [0.15, 0.2) is 173 Å². The molecule has 50 heavy (non-hydrogen) atoms. The summed E-state index contributed by atoms with van der Waals surface area (Å²) in [6.45, 7) is 0. The summed E-state index contributed by atoms with van der Waals surface area (Å²) in [5.74, 6) is 0.621. The molecule has 0 amide bonds. The first-order chi connectivity index (χ1) is 24.8. The Bertz CT molecular complexity index is 2870. The molecular formula is C45H27N3O2. The minimum atomic E-state index is 0.621. The summed E-state index contributed by atoms with van der Waals surface area (Å²) in [5.41, 5.74) is 11.9. The highest BCUT2D eigenvalue weighted by molar-refractivity contribution is 6.18. The summed E-state index contributed by atoms with van der Waals surface area (Å²) in [7, 11) is 0. The van der Waals surface area contributed by atoms with Crippen molar-refractivity contribution in [3.05, 3.63) is 164 Å². The molecular weight excluding hydrogens is 615 g/mol.